The zero-order chi connectivity index (χ0) is 23.5. The molecule has 0 fully saturated rings. The molecule has 166 valence electrons. The van der Waals surface area contributed by atoms with Gasteiger partial charge in [0.1, 0.15) is 5.02 Å². The molecular weight excluding hydrogens is 448 g/mol. The predicted octanol–water partition coefficient (Wildman–Crippen LogP) is 5.84. The van der Waals surface area contributed by atoms with E-state index in [9.17, 15) is 4.79 Å². The summed E-state index contributed by atoms with van der Waals surface area (Å²) in [5, 5.41) is 18.9. The van der Waals surface area contributed by atoms with E-state index in [2.05, 4.69) is 44.1 Å². The minimum Gasteiger partial charge on any atom is -0.339 e. The summed E-state index contributed by atoms with van der Waals surface area (Å²) >= 11 is 6.33. The molecule has 0 spiro atoms. The normalized spacial score (nSPS) is 12.0. The molecule has 1 aliphatic heterocycles. The van der Waals surface area contributed by atoms with Crippen molar-refractivity contribution in [3.63, 3.8) is 0 Å². The van der Waals surface area contributed by atoms with Gasteiger partial charge in [-0.25, -0.2) is 4.98 Å². The van der Waals surface area contributed by atoms with Crippen molar-refractivity contribution in [2.24, 2.45) is 0 Å². The summed E-state index contributed by atoms with van der Waals surface area (Å²) < 4.78 is 0. The van der Waals surface area contributed by atoms with Crippen molar-refractivity contribution >= 4 is 46.3 Å². The number of aromatic nitrogens is 2. The number of hydrogen-bond donors (Lipinski definition) is 3. The first-order valence-corrected chi connectivity index (χ1v) is 11.1. The highest BCUT2D eigenvalue weighted by Crippen LogP contribution is 2.29. The number of benzene rings is 3. The van der Waals surface area contributed by atoms with E-state index in [0.717, 1.165) is 34.6 Å². The average Bonchev–Trinajstić information content (AvgIpc) is 2.86. The second-order valence-corrected chi connectivity index (χ2v) is 8.26. The summed E-state index contributed by atoms with van der Waals surface area (Å²) in [5.41, 5.74) is 5.50. The van der Waals surface area contributed by atoms with Gasteiger partial charge in [-0.05, 0) is 78.6 Å². The minimum absolute atomic E-state index is 0.237. The fraction of sp³-hybridized carbons (Fsp3) is 0.0769. The minimum atomic E-state index is -0.237. The monoisotopic (exact) mass is 466 g/mol. The van der Waals surface area contributed by atoms with Crippen LogP contribution in [0.25, 0.3) is 0 Å². The number of hydrogen-bond acceptors (Lipinski definition) is 6. The van der Waals surface area contributed by atoms with Crippen LogP contribution in [0.5, 0.6) is 0 Å². The lowest BCUT2D eigenvalue weighted by Gasteiger charge is -2.15. The van der Waals surface area contributed by atoms with E-state index in [1.54, 1.807) is 30.5 Å². The third-order valence-electron chi connectivity index (χ3n) is 5.50. The first kappa shape index (κ1) is 21.4. The SMILES string of the molecule is N#Cc1ccc(C(=O)Nc2ccc3cc2CCc2cccc(c2)Nc2ncc(Cl)c(n2)N3)cc1. The molecule has 1 aromatic heterocycles. The number of amides is 1. The van der Waals surface area contributed by atoms with Gasteiger partial charge in [-0.1, -0.05) is 23.7 Å². The Balaban J connectivity index is 1.50. The van der Waals surface area contributed by atoms with Gasteiger partial charge < -0.3 is 16.0 Å². The Kier molecular flexibility index (Phi) is 5.81. The number of carbonyl (C=O) groups excluding carboxylic acids is 1. The molecule has 7 nitrogen and oxygen atoms in total. The molecule has 8 heteroatoms. The molecule has 0 aliphatic carbocycles. The first-order chi connectivity index (χ1) is 16.6. The van der Waals surface area contributed by atoms with Crippen LogP contribution >= 0.6 is 11.6 Å². The average molecular weight is 467 g/mol. The van der Waals surface area contributed by atoms with Gasteiger partial charge in [0.15, 0.2) is 5.82 Å². The van der Waals surface area contributed by atoms with Crippen molar-refractivity contribution in [2.45, 2.75) is 12.8 Å². The number of halogens is 1. The Bertz CT molecular complexity index is 1430. The summed E-state index contributed by atoms with van der Waals surface area (Å²) in [7, 11) is 0. The van der Waals surface area contributed by atoms with Gasteiger partial charge in [0.2, 0.25) is 5.95 Å². The number of nitrogens with one attached hydrogen (secondary N) is 3. The molecule has 0 saturated carbocycles. The highest BCUT2D eigenvalue weighted by atomic mass is 35.5. The molecule has 4 aromatic rings. The lowest BCUT2D eigenvalue weighted by Crippen LogP contribution is -2.13. The summed E-state index contributed by atoms with van der Waals surface area (Å²) in [5.74, 6) is 0.684. The second-order valence-electron chi connectivity index (χ2n) is 7.86. The predicted molar refractivity (Wildman–Crippen MR) is 133 cm³/mol. The maximum absolute atomic E-state index is 12.9. The Morgan fingerprint density at radius 3 is 2.65 bits per heavy atom. The number of carbonyl (C=O) groups is 1. The lowest BCUT2D eigenvalue weighted by atomic mass is 10.0. The van der Waals surface area contributed by atoms with E-state index in [1.165, 1.54) is 0 Å². The highest BCUT2D eigenvalue weighted by molar-refractivity contribution is 6.32. The van der Waals surface area contributed by atoms with Crippen LogP contribution in [0.3, 0.4) is 0 Å². The van der Waals surface area contributed by atoms with Crippen molar-refractivity contribution in [2.75, 3.05) is 16.0 Å². The Hall–Kier alpha value is -4.41. The third kappa shape index (κ3) is 4.68. The summed E-state index contributed by atoms with van der Waals surface area (Å²) in [6, 6.07) is 22.4. The number of nitriles is 1. The number of nitrogens with zero attached hydrogens (tertiary/aromatic N) is 3. The van der Waals surface area contributed by atoms with E-state index in [4.69, 9.17) is 16.9 Å². The van der Waals surface area contributed by atoms with E-state index >= 15 is 0 Å². The third-order valence-corrected chi connectivity index (χ3v) is 5.78. The molecule has 3 N–H and O–H groups in total. The fourth-order valence-corrected chi connectivity index (χ4v) is 3.89. The quantitative estimate of drug-likeness (QED) is 0.343. The van der Waals surface area contributed by atoms with Gasteiger partial charge in [0, 0.05) is 22.6 Å². The smallest absolute Gasteiger partial charge is 0.255 e. The Morgan fingerprint density at radius 2 is 1.82 bits per heavy atom. The molecule has 0 radical (unpaired) electrons. The van der Waals surface area contributed by atoms with Crippen LogP contribution in [-0.2, 0) is 12.8 Å². The molecule has 6 bridgehead atoms. The second kappa shape index (κ2) is 9.22. The number of anilines is 5. The van der Waals surface area contributed by atoms with Gasteiger partial charge in [0.05, 0.1) is 17.8 Å². The van der Waals surface area contributed by atoms with E-state index in [0.29, 0.717) is 34.3 Å². The van der Waals surface area contributed by atoms with Crippen LogP contribution in [0.15, 0.2) is 72.9 Å². The zero-order valence-electron chi connectivity index (χ0n) is 18.0. The van der Waals surface area contributed by atoms with Gasteiger partial charge in [-0.3, -0.25) is 4.79 Å². The van der Waals surface area contributed by atoms with Crippen molar-refractivity contribution in [1.82, 2.24) is 9.97 Å². The maximum atomic E-state index is 12.9. The number of aryl methyl sites for hydroxylation is 2. The summed E-state index contributed by atoms with van der Waals surface area (Å²) in [6.07, 6.45) is 3.03. The molecule has 1 amide bonds. The molecule has 1 aliphatic rings. The van der Waals surface area contributed by atoms with Crippen LogP contribution in [0.1, 0.15) is 27.0 Å². The lowest BCUT2D eigenvalue weighted by molar-refractivity contribution is 0.102. The molecular formula is C26H19ClN6O. The van der Waals surface area contributed by atoms with Crippen LogP contribution in [0.2, 0.25) is 5.02 Å². The topological polar surface area (TPSA) is 103 Å². The van der Waals surface area contributed by atoms with E-state index in [1.807, 2.05) is 30.3 Å². The Morgan fingerprint density at radius 1 is 1.00 bits per heavy atom. The van der Waals surface area contributed by atoms with E-state index < -0.39 is 0 Å². The molecule has 3 aromatic carbocycles. The van der Waals surface area contributed by atoms with Crippen LogP contribution in [-0.4, -0.2) is 15.9 Å². The highest BCUT2D eigenvalue weighted by Gasteiger charge is 2.13. The Labute approximate surface area is 201 Å². The van der Waals surface area contributed by atoms with Crippen LogP contribution in [0, 0.1) is 11.3 Å². The molecule has 5 rings (SSSR count). The molecule has 0 atom stereocenters. The van der Waals surface area contributed by atoms with Crippen molar-refractivity contribution in [3.05, 3.63) is 100 Å². The molecule has 2 heterocycles. The largest absolute Gasteiger partial charge is 0.339 e. The summed E-state index contributed by atoms with van der Waals surface area (Å²) in [4.78, 5) is 21.6. The number of fused-ring (bicyclic) bond motifs is 6. The van der Waals surface area contributed by atoms with Gasteiger partial charge in [0.25, 0.3) is 5.91 Å². The van der Waals surface area contributed by atoms with Crippen molar-refractivity contribution < 1.29 is 4.79 Å². The number of rotatable bonds is 2. The maximum Gasteiger partial charge on any atom is 0.255 e. The summed E-state index contributed by atoms with van der Waals surface area (Å²) in [6.45, 7) is 0. The molecule has 34 heavy (non-hydrogen) atoms. The molecule has 0 saturated heterocycles. The van der Waals surface area contributed by atoms with Crippen molar-refractivity contribution in [1.29, 1.82) is 5.26 Å². The van der Waals surface area contributed by atoms with Gasteiger partial charge >= 0.3 is 0 Å². The molecule has 0 unspecified atom stereocenters. The fourth-order valence-electron chi connectivity index (χ4n) is 3.76. The standard InChI is InChI=1S/C26H19ClN6O/c27-22-15-29-26-31-20-3-1-2-16(12-20)4-9-19-13-21(30-24(22)33-26)10-11-23(19)32-25(34)18-7-5-17(14-28)6-8-18/h1-3,5-8,10-13,15H,4,9H2,(H,32,34)(H2,29,30,31,33). The van der Waals surface area contributed by atoms with Crippen LogP contribution < -0.4 is 16.0 Å². The van der Waals surface area contributed by atoms with E-state index in [-0.39, 0.29) is 5.91 Å². The van der Waals surface area contributed by atoms with Crippen LogP contribution in [0.4, 0.5) is 28.8 Å². The first-order valence-electron chi connectivity index (χ1n) is 10.7. The van der Waals surface area contributed by atoms with Crippen molar-refractivity contribution in [3.8, 4) is 6.07 Å². The van der Waals surface area contributed by atoms with Gasteiger partial charge in [-0.15, -0.1) is 0 Å². The van der Waals surface area contributed by atoms with Gasteiger partial charge in [-0.2, -0.15) is 10.2 Å². The zero-order valence-corrected chi connectivity index (χ0v) is 18.7.